The lowest BCUT2D eigenvalue weighted by molar-refractivity contribution is -0.384. The van der Waals surface area contributed by atoms with Crippen molar-refractivity contribution in [3.63, 3.8) is 0 Å². The molecule has 0 spiro atoms. The van der Waals surface area contributed by atoms with Crippen LogP contribution in [0.3, 0.4) is 0 Å². The Kier molecular flexibility index (Phi) is 11.5. The number of rotatable bonds is 13. The highest BCUT2D eigenvalue weighted by atomic mass is 16.6. The number of carboxylic acid groups (broad SMARTS) is 1. The zero-order chi connectivity index (χ0) is 31.5. The highest BCUT2D eigenvalue weighted by molar-refractivity contribution is 5.98. The van der Waals surface area contributed by atoms with E-state index in [1.807, 2.05) is 30.3 Å². The zero-order valence-corrected chi connectivity index (χ0v) is 23.9. The van der Waals surface area contributed by atoms with Gasteiger partial charge in [0.05, 0.1) is 17.3 Å². The van der Waals surface area contributed by atoms with Gasteiger partial charge in [0.2, 0.25) is 23.6 Å². The number of amides is 4. The molecule has 0 heterocycles. The molecule has 2 aromatic rings. The second-order valence-corrected chi connectivity index (χ2v) is 10.3. The van der Waals surface area contributed by atoms with Crippen LogP contribution in [0.25, 0.3) is 0 Å². The van der Waals surface area contributed by atoms with E-state index in [0.717, 1.165) is 5.56 Å². The number of nitrogens with zero attached hydrogens (tertiary/aromatic N) is 1. The van der Waals surface area contributed by atoms with Gasteiger partial charge in [0.1, 0.15) is 12.1 Å². The summed E-state index contributed by atoms with van der Waals surface area (Å²) in [6.45, 7) is 3.14. The molecule has 0 radical (unpaired) electrons. The Hall–Kier alpha value is -5.07. The molecule has 5 N–H and O–H groups in total. The van der Waals surface area contributed by atoms with E-state index in [4.69, 9.17) is 5.11 Å². The molecule has 1 aliphatic rings. The number of hydrogen-bond donors (Lipinski definition) is 5. The Morgan fingerprint density at radius 2 is 1.65 bits per heavy atom. The minimum Gasteiger partial charge on any atom is -0.481 e. The molecule has 3 atom stereocenters. The molecular formula is C30H35N5O8. The quantitative estimate of drug-likeness (QED) is 0.173. The number of anilines is 1. The molecule has 43 heavy (non-hydrogen) atoms. The van der Waals surface area contributed by atoms with Crippen molar-refractivity contribution in [2.45, 2.75) is 64.5 Å². The van der Waals surface area contributed by atoms with Crippen LogP contribution < -0.4 is 21.3 Å². The van der Waals surface area contributed by atoms with E-state index in [1.165, 1.54) is 31.2 Å². The van der Waals surface area contributed by atoms with Crippen LogP contribution in [-0.2, 0) is 30.4 Å². The number of nitrogens with one attached hydrogen (secondary N) is 4. The van der Waals surface area contributed by atoms with Crippen LogP contribution in [0.15, 0.2) is 65.9 Å². The fourth-order valence-corrected chi connectivity index (χ4v) is 4.78. The average Bonchev–Trinajstić information content (AvgIpc) is 3.47. The highest BCUT2D eigenvalue weighted by Crippen LogP contribution is 2.33. The first kappa shape index (κ1) is 32.4. The Morgan fingerprint density at radius 3 is 2.28 bits per heavy atom. The van der Waals surface area contributed by atoms with Gasteiger partial charge >= 0.3 is 5.97 Å². The molecule has 13 nitrogen and oxygen atoms in total. The number of carboxylic acids is 1. The smallest absolute Gasteiger partial charge is 0.303 e. The Morgan fingerprint density at radius 1 is 0.977 bits per heavy atom. The third kappa shape index (κ3) is 9.76. The minimum absolute atomic E-state index is 0.120. The standard InChI is InChI=1S/C30H35N5O8/c1-18(32-28(39)19(2)31-26(36)15-16-27(37)38)23-9-6-10-24(23)29(40)34-25(17-20-7-4-3-5-8-20)30(41)33-21-11-13-22(14-12-21)35(42)43/h3-5,7-8,11-14,19,24-25H,6,9-10,15-17H2,1-2H3,(H,31,36)(H,32,39)(H,33,41)(H,34,40)(H,37,38)/b23-18-/t19-,24-,25-/m0/s1. The fraction of sp³-hybridized carbons (Fsp3) is 0.367. The predicted molar refractivity (Wildman–Crippen MR) is 156 cm³/mol. The summed E-state index contributed by atoms with van der Waals surface area (Å²) in [6, 6.07) is 12.6. The van der Waals surface area contributed by atoms with Crippen molar-refractivity contribution in [3.05, 3.63) is 81.5 Å². The van der Waals surface area contributed by atoms with Gasteiger partial charge in [0.15, 0.2) is 0 Å². The van der Waals surface area contributed by atoms with E-state index in [9.17, 15) is 34.1 Å². The number of carbonyl (C=O) groups is 5. The number of non-ortho nitro benzene ring substituents is 1. The Bertz CT molecular complexity index is 1390. The van der Waals surface area contributed by atoms with Crippen LogP contribution in [0.1, 0.15) is 51.5 Å². The van der Waals surface area contributed by atoms with Gasteiger partial charge in [0.25, 0.3) is 5.69 Å². The molecule has 228 valence electrons. The summed E-state index contributed by atoms with van der Waals surface area (Å²) in [5.74, 6) is -3.66. The van der Waals surface area contributed by atoms with E-state index in [0.29, 0.717) is 36.2 Å². The molecule has 0 saturated heterocycles. The molecule has 0 unspecified atom stereocenters. The van der Waals surface area contributed by atoms with Gasteiger partial charge in [-0.15, -0.1) is 0 Å². The van der Waals surface area contributed by atoms with E-state index in [-0.39, 0.29) is 30.9 Å². The van der Waals surface area contributed by atoms with Gasteiger partial charge < -0.3 is 26.4 Å². The molecule has 0 aliphatic heterocycles. The number of hydrogen-bond acceptors (Lipinski definition) is 7. The lowest BCUT2D eigenvalue weighted by Crippen LogP contribution is -2.47. The molecular weight excluding hydrogens is 558 g/mol. The lowest BCUT2D eigenvalue weighted by atomic mass is 9.98. The van der Waals surface area contributed by atoms with Crippen LogP contribution in [0.4, 0.5) is 11.4 Å². The largest absolute Gasteiger partial charge is 0.481 e. The summed E-state index contributed by atoms with van der Waals surface area (Å²) in [6.07, 6.45) is 1.36. The van der Waals surface area contributed by atoms with Crippen molar-refractivity contribution in [2.24, 2.45) is 5.92 Å². The summed E-state index contributed by atoms with van der Waals surface area (Å²) < 4.78 is 0. The number of nitro benzene ring substituents is 1. The number of aliphatic carboxylic acids is 1. The monoisotopic (exact) mass is 593 g/mol. The summed E-state index contributed by atoms with van der Waals surface area (Å²) >= 11 is 0. The second-order valence-electron chi connectivity index (χ2n) is 10.3. The first-order valence-corrected chi connectivity index (χ1v) is 13.9. The van der Waals surface area contributed by atoms with Crippen LogP contribution >= 0.6 is 0 Å². The van der Waals surface area contributed by atoms with Crippen molar-refractivity contribution in [2.75, 3.05) is 5.32 Å². The van der Waals surface area contributed by atoms with Crippen molar-refractivity contribution in [1.82, 2.24) is 16.0 Å². The molecule has 1 saturated carbocycles. The maximum atomic E-state index is 13.5. The molecule has 1 fully saturated rings. The van der Waals surface area contributed by atoms with Crippen LogP contribution in [0.2, 0.25) is 0 Å². The maximum Gasteiger partial charge on any atom is 0.303 e. The third-order valence-corrected chi connectivity index (χ3v) is 7.07. The fourth-order valence-electron chi connectivity index (χ4n) is 4.78. The molecule has 2 aromatic carbocycles. The summed E-state index contributed by atoms with van der Waals surface area (Å²) in [5.41, 5.74) is 2.22. The van der Waals surface area contributed by atoms with Crippen molar-refractivity contribution in [3.8, 4) is 0 Å². The highest BCUT2D eigenvalue weighted by Gasteiger charge is 2.33. The van der Waals surface area contributed by atoms with Gasteiger partial charge in [-0.1, -0.05) is 30.3 Å². The number of allylic oxidation sites excluding steroid dienone is 1. The zero-order valence-electron chi connectivity index (χ0n) is 23.9. The van der Waals surface area contributed by atoms with Crippen LogP contribution in [0.5, 0.6) is 0 Å². The minimum atomic E-state index is -1.12. The molecule has 0 bridgehead atoms. The van der Waals surface area contributed by atoms with Crippen molar-refractivity contribution < 1.29 is 34.0 Å². The molecule has 0 aromatic heterocycles. The average molecular weight is 594 g/mol. The number of benzene rings is 2. The van der Waals surface area contributed by atoms with Crippen LogP contribution in [0, 0.1) is 16.0 Å². The summed E-state index contributed by atoms with van der Waals surface area (Å²) in [4.78, 5) is 72.5. The number of carbonyl (C=O) groups excluding carboxylic acids is 4. The lowest BCUT2D eigenvalue weighted by Gasteiger charge is -2.23. The van der Waals surface area contributed by atoms with Gasteiger partial charge in [-0.25, -0.2) is 0 Å². The van der Waals surface area contributed by atoms with E-state index >= 15 is 0 Å². The summed E-state index contributed by atoms with van der Waals surface area (Å²) in [7, 11) is 0. The van der Waals surface area contributed by atoms with Crippen molar-refractivity contribution in [1.29, 1.82) is 0 Å². The second kappa shape index (κ2) is 15.2. The third-order valence-electron chi connectivity index (χ3n) is 7.07. The van der Waals surface area contributed by atoms with Gasteiger partial charge in [-0.05, 0) is 56.4 Å². The first-order chi connectivity index (χ1) is 20.4. The Labute approximate surface area is 248 Å². The van der Waals surface area contributed by atoms with Gasteiger partial charge in [-0.3, -0.25) is 34.1 Å². The van der Waals surface area contributed by atoms with E-state index < -0.39 is 46.6 Å². The Balaban J connectivity index is 1.70. The normalized spacial score (nSPS) is 16.7. The molecule has 4 amide bonds. The van der Waals surface area contributed by atoms with Gasteiger partial charge in [-0.2, -0.15) is 0 Å². The van der Waals surface area contributed by atoms with Crippen molar-refractivity contribution >= 4 is 41.0 Å². The summed E-state index contributed by atoms with van der Waals surface area (Å²) in [5, 5.41) is 30.5. The molecule has 13 heteroatoms. The van der Waals surface area contributed by atoms with E-state index in [1.54, 1.807) is 6.92 Å². The van der Waals surface area contributed by atoms with Gasteiger partial charge in [0, 0.05) is 36.4 Å². The first-order valence-electron chi connectivity index (χ1n) is 13.9. The van der Waals surface area contributed by atoms with Crippen LogP contribution in [-0.4, -0.2) is 51.7 Å². The predicted octanol–water partition coefficient (Wildman–Crippen LogP) is 2.82. The molecule has 1 aliphatic carbocycles. The number of nitro groups is 1. The molecule has 3 rings (SSSR count). The topological polar surface area (TPSA) is 197 Å². The van der Waals surface area contributed by atoms with E-state index in [2.05, 4.69) is 21.3 Å². The SMILES string of the molecule is C/C(NC(=O)[C@H](C)NC(=O)CCC(=O)O)=C1\CCC[C@@H]1C(=O)N[C@@H](Cc1ccccc1)C(=O)Nc1ccc([N+](=O)[O-])cc1. The maximum absolute atomic E-state index is 13.5.